The molecule has 8 nitrogen and oxygen atoms in total. The van der Waals surface area contributed by atoms with Gasteiger partial charge in [-0.05, 0) is 38.5 Å². The van der Waals surface area contributed by atoms with E-state index in [4.69, 9.17) is 9.47 Å². The number of carbonyl (C=O) groups is 3. The van der Waals surface area contributed by atoms with Crippen LogP contribution in [0.5, 0.6) is 0 Å². The Labute approximate surface area is 160 Å². The van der Waals surface area contributed by atoms with Gasteiger partial charge in [0.15, 0.2) is 11.8 Å². The molecule has 0 fully saturated rings. The van der Waals surface area contributed by atoms with Crippen molar-refractivity contribution in [2.24, 2.45) is 0 Å². The Morgan fingerprint density at radius 3 is 2.43 bits per heavy atom. The number of H-pyrrole nitrogens is 1. The number of methoxy groups -OCH3 is 1. The third-order valence-electron chi connectivity index (χ3n) is 4.38. The molecule has 144 valence electrons. The molecular formula is C20H19N3O5. The van der Waals surface area contributed by atoms with E-state index in [1.807, 2.05) is 6.07 Å². The smallest absolute Gasteiger partial charge is 0.359 e. The third-order valence-corrected chi connectivity index (χ3v) is 4.38. The van der Waals surface area contributed by atoms with Gasteiger partial charge in [-0.3, -0.25) is 9.78 Å². The summed E-state index contributed by atoms with van der Waals surface area (Å²) in [6.45, 7) is 4.76. The van der Waals surface area contributed by atoms with E-state index in [0.29, 0.717) is 27.9 Å². The van der Waals surface area contributed by atoms with Gasteiger partial charge in [-0.2, -0.15) is 0 Å². The first-order chi connectivity index (χ1) is 13.3. The van der Waals surface area contributed by atoms with Crippen molar-refractivity contribution in [1.82, 2.24) is 15.0 Å². The van der Waals surface area contributed by atoms with Crippen LogP contribution in [-0.4, -0.2) is 45.9 Å². The largest absolute Gasteiger partial charge is 0.465 e. The Morgan fingerprint density at radius 2 is 1.75 bits per heavy atom. The number of fused-ring (bicyclic) bond motifs is 1. The van der Waals surface area contributed by atoms with Crippen LogP contribution in [-0.2, 0) is 9.47 Å². The van der Waals surface area contributed by atoms with E-state index in [1.54, 1.807) is 32.0 Å². The van der Waals surface area contributed by atoms with Gasteiger partial charge in [0.2, 0.25) is 5.78 Å². The maximum Gasteiger partial charge on any atom is 0.359 e. The van der Waals surface area contributed by atoms with E-state index in [2.05, 4.69) is 15.0 Å². The summed E-state index contributed by atoms with van der Waals surface area (Å²) >= 11 is 0. The zero-order valence-corrected chi connectivity index (χ0v) is 15.9. The lowest BCUT2D eigenvalue weighted by Gasteiger charge is -2.12. The highest BCUT2D eigenvalue weighted by Gasteiger charge is 2.28. The van der Waals surface area contributed by atoms with Crippen molar-refractivity contribution in [3.8, 4) is 0 Å². The van der Waals surface area contributed by atoms with Gasteiger partial charge >= 0.3 is 11.9 Å². The summed E-state index contributed by atoms with van der Waals surface area (Å²) in [6.07, 6.45) is 0.226. The number of benzene rings is 1. The molecule has 2 heterocycles. The van der Waals surface area contributed by atoms with Crippen molar-refractivity contribution in [2.75, 3.05) is 7.11 Å². The van der Waals surface area contributed by atoms with E-state index in [9.17, 15) is 14.4 Å². The number of esters is 2. The zero-order chi connectivity index (χ0) is 20.4. The predicted octanol–water partition coefficient (Wildman–Crippen LogP) is 2.79. The maximum absolute atomic E-state index is 12.7. The minimum absolute atomic E-state index is 0.00740. The first-order valence-electron chi connectivity index (χ1n) is 8.58. The van der Waals surface area contributed by atoms with Crippen LogP contribution in [0.15, 0.2) is 30.5 Å². The molecule has 8 heteroatoms. The lowest BCUT2D eigenvalue weighted by Crippen LogP contribution is -2.26. The highest BCUT2D eigenvalue weighted by Crippen LogP contribution is 2.21. The third kappa shape index (κ3) is 3.48. The van der Waals surface area contributed by atoms with Gasteiger partial charge < -0.3 is 14.5 Å². The molecule has 0 aliphatic carbocycles. The molecule has 0 saturated heterocycles. The lowest BCUT2D eigenvalue weighted by molar-refractivity contribution is 0.0311. The van der Waals surface area contributed by atoms with Crippen molar-refractivity contribution in [2.45, 2.75) is 26.9 Å². The molecule has 3 aromatic rings. The van der Waals surface area contributed by atoms with Crippen LogP contribution in [0, 0.1) is 13.8 Å². The molecule has 1 aromatic carbocycles. The first-order valence-corrected chi connectivity index (χ1v) is 8.58. The van der Waals surface area contributed by atoms with E-state index >= 15 is 0 Å². The summed E-state index contributed by atoms with van der Waals surface area (Å²) in [5.41, 5.74) is 2.65. The van der Waals surface area contributed by atoms with Gasteiger partial charge in [0.1, 0.15) is 0 Å². The average Bonchev–Trinajstić information content (AvgIpc) is 3.00. The molecular weight excluding hydrogens is 362 g/mol. The molecule has 1 N–H and O–H groups in total. The Bertz CT molecular complexity index is 1090. The van der Waals surface area contributed by atoms with E-state index in [1.165, 1.54) is 20.2 Å². The van der Waals surface area contributed by atoms with Crippen LogP contribution >= 0.6 is 0 Å². The number of ketones is 1. The van der Waals surface area contributed by atoms with Crippen LogP contribution in [0.3, 0.4) is 0 Å². The van der Waals surface area contributed by atoms with Crippen molar-refractivity contribution < 1.29 is 23.9 Å². The van der Waals surface area contributed by atoms with Gasteiger partial charge in [-0.25, -0.2) is 14.6 Å². The maximum atomic E-state index is 12.7. The summed E-state index contributed by atoms with van der Waals surface area (Å²) in [7, 11) is 1.27. The standard InChI is InChI=1S/C20H19N3O5/c1-10-16(20(26)27-4)11(2)22-17(10)18(24)12(3)28-19(25)15-9-21-13-7-5-6-8-14(13)23-15/h5-9,12,22H,1-4H3. The fourth-order valence-corrected chi connectivity index (χ4v) is 2.94. The van der Waals surface area contributed by atoms with Crippen LogP contribution in [0.4, 0.5) is 0 Å². The number of para-hydroxylation sites is 2. The number of hydrogen-bond donors (Lipinski definition) is 1. The van der Waals surface area contributed by atoms with Gasteiger partial charge in [0.25, 0.3) is 0 Å². The number of aromatic amines is 1. The number of nitrogens with one attached hydrogen (secondary N) is 1. The predicted molar refractivity (Wildman–Crippen MR) is 100 cm³/mol. The normalized spacial score (nSPS) is 11.9. The fourth-order valence-electron chi connectivity index (χ4n) is 2.94. The first kappa shape index (κ1) is 19.2. The van der Waals surface area contributed by atoms with E-state index in [-0.39, 0.29) is 11.4 Å². The molecule has 1 unspecified atom stereocenters. The van der Waals surface area contributed by atoms with Gasteiger partial charge in [-0.1, -0.05) is 12.1 Å². The second-order valence-electron chi connectivity index (χ2n) is 6.27. The highest BCUT2D eigenvalue weighted by molar-refractivity contribution is 6.04. The Morgan fingerprint density at radius 1 is 1.07 bits per heavy atom. The van der Waals surface area contributed by atoms with Crippen molar-refractivity contribution >= 4 is 28.8 Å². The number of aryl methyl sites for hydroxylation is 1. The molecule has 3 rings (SSSR count). The van der Waals surface area contributed by atoms with Crippen LogP contribution in [0.2, 0.25) is 0 Å². The lowest BCUT2D eigenvalue weighted by atomic mass is 10.1. The van der Waals surface area contributed by atoms with Crippen molar-refractivity contribution in [3.05, 3.63) is 58.7 Å². The summed E-state index contributed by atoms with van der Waals surface area (Å²) in [5.74, 6) is -1.76. The van der Waals surface area contributed by atoms with Crippen LogP contribution < -0.4 is 0 Å². The van der Waals surface area contributed by atoms with Crippen molar-refractivity contribution in [3.63, 3.8) is 0 Å². The summed E-state index contributed by atoms with van der Waals surface area (Å²) in [6, 6.07) is 7.11. The van der Waals surface area contributed by atoms with Gasteiger partial charge in [0.05, 0.1) is 35.6 Å². The minimum Gasteiger partial charge on any atom is -0.465 e. The average molecular weight is 381 g/mol. The molecule has 0 aliphatic rings. The molecule has 1 atom stereocenters. The number of carbonyl (C=O) groups excluding carboxylic acids is 3. The van der Waals surface area contributed by atoms with Gasteiger partial charge in [0, 0.05) is 5.69 Å². The molecule has 0 bridgehead atoms. The molecule has 0 radical (unpaired) electrons. The number of hydrogen-bond acceptors (Lipinski definition) is 7. The number of ether oxygens (including phenoxy) is 2. The van der Waals surface area contributed by atoms with Crippen LogP contribution in [0.25, 0.3) is 11.0 Å². The monoisotopic (exact) mass is 381 g/mol. The Hall–Kier alpha value is -3.55. The summed E-state index contributed by atoms with van der Waals surface area (Å²) in [5, 5.41) is 0. The molecule has 0 saturated carbocycles. The SMILES string of the molecule is COC(=O)c1c(C)[nH]c(C(=O)C(C)OC(=O)c2cnc3ccccc3n2)c1C. The second kappa shape index (κ2) is 7.59. The molecule has 2 aromatic heterocycles. The quantitative estimate of drug-likeness (QED) is 0.534. The van der Waals surface area contributed by atoms with Crippen LogP contribution in [0.1, 0.15) is 49.5 Å². The number of rotatable bonds is 5. The van der Waals surface area contributed by atoms with E-state index < -0.39 is 23.8 Å². The second-order valence-corrected chi connectivity index (χ2v) is 6.27. The Kier molecular flexibility index (Phi) is 5.21. The number of nitrogens with zero attached hydrogens (tertiary/aromatic N) is 2. The molecule has 0 spiro atoms. The minimum atomic E-state index is -1.08. The topological polar surface area (TPSA) is 111 Å². The van der Waals surface area contributed by atoms with Gasteiger partial charge in [-0.15, -0.1) is 0 Å². The van der Waals surface area contributed by atoms with Crippen molar-refractivity contribution in [1.29, 1.82) is 0 Å². The highest BCUT2D eigenvalue weighted by atomic mass is 16.5. The summed E-state index contributed by atoms with van der Waals surface area (Å²) < 4.78 is 10.0. The molecule has 0 amide bonds. The van der Waals surface area contributed by atoms with E-state index in [0.717, 1.165) is 0 Å². The molecule has 0 aliphatic heterocycles. The fraction of sp³-hybridized carbons (Fsp3) is 0.250. The zero-order valence-electron chi connectivity index (χ0n) is 15.9. The summed E-state index contributed by atoms with van der Waals surface area (Å²) in [4.78, 5) is 48.2. The number of Topliss-reactive ketones (excluding diaryl/α,β-unsaturated/α-hetero) is 1. The number of aromatic nitrogens is 3. The molecule has 28 heavy (non-hydrogen) atoms. The Balaban J connectivity index is 1.80.